The van der Waals surface area contributed by atoms with Gasteiger partial charge >= 0.3 is 0 Å². The zero-order chi connectivity index (χ0) is 18.4. The monoisotopic (exact) mass is 354 g/mol. The lowest BCUT2D eigenvalue weighted by Gasteiger charge is -2.37. The second-order valence-electron chi connectivity index (χ2n) is 6.19. The average molecular weight is 354 g/mol. The molecule has 1 N–H and O–H groups in total. The number of hydrogen-bond donors (Lipinski definition) is 1. The minimum absolute atomic E-state index is 0.497. The Morgan fingerprint density at radius 2 is 2.08 bits per heavy atom. The lowest BCUT2D eigenvalue weighted by Crippen LogP contribution is -2.52. The van der Waals surface area contributed by atoms with Crippen LogP contribution in [0.3, 0.4) is 0 Å². The quantitative estimate of drug-likeness (QED) is 0.490. The summed E-state index contributed by atoms with van der Waals surface area (Å²) in [5.74, 6) is 3.65. The van der Waals surface area contributed by atoms with Crippen molar-refractivity contribution in [2.45, 2.75) is 13.5 Å². The van der Waals surface area contributed by atoms with Gasteiger partial charge in [-0.15, -0.1) is 16.8 Å². The summed E-state index contributed by atoms with van der Waals surface area (Å²) in [7, 11) is 1.96. The average Bonchev–Trinajstić information content (AvgIpc) is 3.01. The number of anilines is 1. The predicted molar refractivity (Wildman–Crippen MR) is 103 cm³/mol. The molecular formula is C18H26N8. The Bertz CT molecular complexity index is 744. The van der Waals surface area contributed by atoms with E-state index in [1.54, 1.807) is 0 Å². The first-order chi connectivity index (χ1) is 12.7. The highest BCUT2D eigenvalue weighted by Crippen LogP contribution is 2.12. The molecule has 1 aliphatic heterocycles. The molecular weight excluding hydrogens is 328 g/mol. The van der Waals surface area contributed by atoms with Crippen LogP contribution in [-0.4, -0.2) is 63.3 Å². The molecule has 0 saturated carbocycles. The maximum Gasteiger partial charge on any atom is 0.194 e. The third-order valence-electron chi connectivity index (χ3n) is 4.51. The van der Waals surface area contributed by atoms with Crippen LogP contribution in [0.25, 0.3) is 0 Å². The summed E-state index contributed by atoms with van der Waals surface area (Å²) in [6, 6.07) is 6.02. The summed E-state index contributed by atoms with van der Waals surface area (Å²) in [6.07, 6.45) is 3.68. The van der Waals surface area contributed by atoms with Gasteiger partial charge in [0.15, 0.2) is 11.8 Å². The first kappa shape index (κ1) is 17.9. The molecule has 0 spiro atoms. The first-order valence-corrected chi connectivity index (χ1v) is 8.84. The van der Waals surface area contributed by atoms with Gasteiger partial charge in [-0.1, -0.05) is 12.1 Å². The highest BCUT2D eigenvalue weighted by molar-refractivity contribution is 5.80. The lowest BCUT2D eigenvalue weighted by molar-refractivity contribution is 0.372. The molecule has 1 aliphatic rings. The van der Waals surface area contributed by atoms with Gasteiger partial charge in [-0.25, -0.2) is 9.98 Å². The molecule has 0 atom stereocenters. The molecule has 3 heterocycles. The molecule has 1 saturated heterocycles. The van der Waals surface area contributed by atoms with Crippen LogP contribution in [0.2, 0.25) is 0 Å². The van der Waals surface area contributed by atoms with E-state index in [4.69, 9.17) is 4.99 Å². The number of aliphatic imine (C=N–C) groups is 1. The number of piperazine rings is 1. The molecule has 0 bridgehead atoms. The van der Waals surface area contributed by atoms with Crippen LogP contribution in [0.15, 0.2) is 42.0 Å². The Hall–Kier alpha value is -2.90. The number of guanidine groups is 1. The SMILES string of the molecule is C=CCNC(=NCc1nnc(C)n1C)N1CCN(c2ccccn2)CC1. The highest BCUT2D eigenvalue weighted by Gasteiger charge is 2.20. The van der Waals surface area contributed by atoms with Crippen molar-refractivity contribution in [2.75, 3.05) is 37.6 Å². The molecule has 1 fully saturated rings. The van der Waals surface area contributed by atoms with E-state index >= 15 is 0 Å². The molecule has 8 nitrogen and oxygen atoms in total. The van der Waals surface area contributed by atoms with Crippen molar-refractivity contribution in [1.82, 2.24) is 30.0 Å². The fourth-order valence-electron chi connectivity index (χ4n) is 2.85. The van der Waals surface area contributed by atoms with E-state index in [2.05, 4.69) is 42.9 Å². The Morgan fingerprint density at radius 1 is 1.27 bits per heavy atom. The molecule has 0 unspecified atom stereocenters. The maximum atomic E-state index is 4.75. The van der Waals surface area contributed by atoms with Crippen LogP contribution in [0.4, 0.5) is 5.82 Å². The summed E-state index contributed by atoms with van der Waals surface area (Å²) < 4.78 is 1.97. The van der Waals surface area contributed by atoms with Crippen molar-refractivity contribution in [3.8, 4) is 0 Å². The van der Waals surface area contributed by atoms with Gasteiger partial charge in [0.1, 0.15) is 18.2 Å². The van der Waals surface area contributed by atoms with Gasteiger partial charge < -0.3 is 19.7 Å². The van der Waals surface area contributed by atoms with Gasteiger partial charge in [-0.05, 0) is 19.1 Å². The summed E-state index contributed by atoms with van der Waals surface area (Å²) in [4.78, 5) is 13.8. The van der Waals surface area contributed by atoms with Gasteiger partial charge in [0.2, 0.25) is 0 Å². The van der Waals surface area contributed by atoms with Crippen LogP contribution < -0.4 is 10.2 Å². The fourth-order valence-corrected chi connectivity index (χ4v) is 2.85. The summed E-state index contributed by atoms with van der Waals surface area (Å²) in [6.45, 7) is 10.5. The summed E-state index contributed by atoms with van der Waals surface area (Å²) in [5.41, 5.74) is 0. The molecule has 0 aliphatic carbocycles. The van der Waals surface area contributed by atoms with Crippen molar-refractivity contribution in [3.63, 3.8) is 0 Å². The van der Waals surface area contributed by atoms with E-state index in [-0.39, 0.29) is 0 Å². The van der Waals surface area contributed by atoms with Crippen LogP contribution in [0.1, 0.15) is 11.6 Å². The molecule has 26 heavy (non-hydrogen) atoms. The minimum atomic E-state index is 0.497. The van der Waals surface area contributed by atoms with Crippen molar-refractivity contribution < 1.29 is 0 Å². The molecule has 138 valence electrons. The number of aryl methyl sites for hydroxylation is 1. The fraction of sp³-hybridized carbons (Fsp3) is 0.444. The van der Waals surface area contributed by atoms with Crippen molar-refractivity contribution in [3.05, 3.63) is 48.7 Å². The molecule has 3 rings (SSSR count). The van der Waals surface area contributed by atoms with Crippen LogP contribution >= 0.6 is 0 Å². The minimum Gasteiger partial charge on any atom is -0.353 e. The van der Waals surface area contributed by atoms with Crippen LogP contribution in [0.5, 0.6) is 0 Å². The largest absolute Gasteiger partial charge is 0.353 e. The topological polar surface area (TPSA) is 74.5 Å². The Morgan fingerprint density at radius 3 is 2.69 bits per heavy atom. The molecule has 0 amide bonds. The van der Waals surface area contributed by atoms with E-state index in [0.29, 0.717) is 13.1 Å². The van der Waals surface area contributed by atoms with E-state index in [1.165, 1.54) is 0 Å². The van der Waals surface area contributed by atoms with E-state index in [0.717, 1.165) is 49.6 Å². The van der Waals surface area contributed by atoms with E-state index < -0.39 is 0 Å². The zero-order valence-corrected chi connectivity index (χ0v) is 15.5. The van der Waals surface area contributed by atoms with Gasteiger partial charge in [0.25, 0.3) is 0 Å². The van der Waals surface area contributed by atoms with Crippen molar-refractivity contribution in [1.29, 1.82) is 0 Å². The van der Waals surface area contributed by atoms with Gasteiger partial charge in [-0.2, -0.15) is 0 Å². The maximum absolute atomic E-state index is 4.75. The normalized spacial score (nSPS) is 15.2. The third kappa shape index (κ3) is 4.19. The Balaban J connectivity index is 1.65. The number of hydrogen-bond acceptors (Lipinski definition) is 5. The van der Waals surface area contributed by atoms with E-state index in [9.17, 15) is 0 Å². The molecule has 2 aromatic heterocycles. The molecule has 2 aromatic rings. The molecule has 8 heteroatoms. The third-order valence-corrected chi connectivity index (χ3v) is 4.51. The predicted octanol–water partition coefficient (Wildman–Crippen LogP) is 0.972. The number of nitrogens with zero attached hydrogens (tertiary/aromatic N) is 7. The first-order valence-electron chi connectivity index (χ1n) is 8.84. The number of nitrogens with one attached hydrogen (secondary N) is 1. The lowest BCUT2D eigenvalue weighted by atomic mass is 10.3. The van der Waals surface area contributed by atoms with Crippen molar-refractivity contribution >= 4 is 11.8 Å². The Labute approximate surface area is 154 Å². The second kappa shape index (κ2) is 8.46. The number of rotatable bonds is 5. The zero-order valence-electron chi connectivity index (χ0n) is 15.5. The molecule has 0 radical (unpaired) electrons. The highest BCUT2D eigenvalue weighted by atomic mass is 15.4. The van der Waals surface area contributed by atoms with Gasteiger partial charge in [0, 0.05) is 46.0 Å². The summed E-state index contributed by atoms with van der Waals surface area (Å²) in [5, 5.41) is 11.6. The number of aromatic nitrogens is 4. The van der Waals surface area contributed by atoms with Crippen LogP contribution in [0, 0.1) is 6.92 Å². The van der Waals surface area contributed by atoms with Gasteiger partial charge in [-0.3, -0.25) is 0 Å². The standard InChI is InChI=1S/C18H26N8/c1-4-8-20-18(21-14-17-23-22-15(2)24(17)3)26-12-10-25(11-13-26)16-7-5-6-9-19-16/h4-7,9H,1,8,10-14H2,2-3H3,(H,20,21). The smallest absolute Gasteiger partial charge is 0.194 e. The molecule has 0 aromatic carbocycles. The number of pyridine rings is 1. The van der Waals surface area contributed by atoms with Gasteiger partial charge in [0.05, 0.1) is 0 Å². The van der Waals surface area contributed by atoms with E-state index in [1.807, 2.05) is 42.9 Å². The Kier molecular flexibility index (Phi) is 5.83. The van der Waals surface area contributed by atoms with Crippen molar-refractivity contribution in [2.24, 2.45) is 12.0 Å². The summed E-state index contributed by atoms with van der Waals surface area (Å²) >= 11 is 0. The van der Waals surface area contributed by atoms with Crippen LogP contribution in [-0.2, 0) is 13.6 Å². The second-order valence-corrected chi connectivity index (χ2v) is 6.19.